The molecule has 0 aliphatic rings. The molecule has 0 unspecified atom stereocenters. The number of aliphatic carboxylic acids is 1. The van der Waals surface area contributed by atoms with E-state index < -0.39 is 11.2 Å². The molecule has 4 heteroatoms. The summed E-state index contributed by atoms with van der Waals surface area (Å²) in [7, 11) is 0. The van der Waals surface area contributed by atoms with Crippen molar-refractivity contribution in [3.05, 3.63) is 64.1 Å². The maximum Gasteiger partial charge on any atom is 0.317 e. The van der Waals surface area contributed by atoms with Gasteiger partial charge in [0, 0.05) is 9.37 Å². The van der Waals surface area contributed by atoms with E-state index in [1.54, 1.807) is 0 Å². The zero-order chi connectivity index (χ0) is 14.5. The first kappa shape index (κ1) is 15.1. The highest BCUT2D eigenvalue weighted by Gasteiger charge is 2.19. The molecule has 2 aromatic carbocycles. The van der Waals surface area contributed by atoms with Crippen LogP contribution in [0, 0.1) is 6.92 Å². The number of hydrogen-bond acceptors (Lipinski definition) is 2. The van der Waals surface area contributed by atoms with Crippen LogP contribution in [0.3, 0.4) is 0 Å². The van der Waals surface area contributed by atoms with Gasteiger partial charge in [0.25, 0.3) is 0 Å². The zero-order valence-corrected chi connectivity index (χ0v) is 13.4. The van der Waals surface area contributed by atoms with Gasteiger partial charge in [-0.3, -0.25) is 4.79 Å². The van der Waals surface area contributed by atoms with Crippen molar-refractivity contribution < 1.29 is 9.90 Å². The summed E-state index contributed by atoms with van der Waals surface area (Å²) in [5, 5.41) is 8.90. The van der Waals surface area contributed by atoms with Crippen LogP contribution in [0.5, 0.6) is 0 Å². The van der Waals surface area contributed by atoms with Gasteiger partial charge in [-0.25, -0.2) is 0 Å². The minimum atomic E-state index is -0.779. The lowest BCUT2D eigenvalue weighted by Crippen LogP contribution is -2.19. The molecule has 0 aliphatic carbocycles. The van der Waals surface area contributed by atoms with E-state index in [1.165, 1.54) is 17.3 Å². The fraction of sp³-hybridized carbons (Fsp3) is 0.188. The second kappa shape index (κ2) is 6.95. The van der Waals surface area contributed by atoms with E-state index in [1.807, 2.05) is 55.5 Å². The van der Waals surface area contributed by atoms with Crippen molar-refractivity contribution in [1.29, 1.82) is 0 Å². The molecule has 1 atom stereocenters. The number of hydrogen-bond donors (Lipinski definition) is 1. The van der Waals surface area contributed by atoms with Gasteiger partial charge in [-0.2, -0.15) is 0 Å². The van der Waals surface area contributed by atoms with Crippen molar-refractivity contribution in [3.63, 3.8) is 0 Å². The van der Waals surface area contributed by atoms with E-state index in [0.717, 1.165) is 14.9 Å². The molecule has 0 aliphatic heterocycles. The molecular formula is C16H15BrO2S. The Kier molecular flexibility index (Phi) is 5.26. The molecule has 0 heterocycles. The molecule has 20 heavy (non-hydrogen) atoms. The summed E-state index contributed by atoms with van der Waals surface area (Å²) in [4.78, 5) is 12.4. The molecule has 2 nitrogen and oxygen atoms in total. The van der Waals surface area contributed by atoms with Gasteiger partial charge in [-0.15, -0.1) is 11.8 Å². The molecule has 0 aromatic heterocycles. The monoisotopic (exact) mass is 350 g/mol. The highest BCUT2D eigenvalue weighted by atomic mass is 79.9. The predicted molar refractivity (Wildman–Crippen MR) is 86.3 cm³/mol. The van der Waals surface area contributed by atoms with Crippen molar-refractivity contribution in [1.82, 2.24) is 0 Å². The third-order valence-corrected chi connectivity index (χ3v) is 4.63. The molecule has 0 amide bonds. The van der Waals surface area contributed by atoms with Crippen molar-refractivity contribution in [3.8, 4) is 0 Å². The van der Waals surface area contributed by atoms with Crippen LogP contribution in [-0.4, -0.2) is 16.3 Å². The standard InChI is InChI=1S/C16H15BrO2S/c1-11-2-8-14(9-3-11)20-15(16(18)19)10-12-4-6-13(17)7-5-12/h2-9,15H,10H2,1H3,(H,18,19)/t15-/m0/s1. The lowest BCUT2D eigenvalue weighted by atomic mass is 10.1. The first-order valence-electron chi connectivity index (χ1n) is 6.25. The van der Waals surface area contributed by atoms with Gasteiger partial charge in [-0.05, 0) is 43.2 Å². The molecule has 104 valence electrons. The SMILES string of the molecule is Cc1ccc(S[C@@H](Cc2ccc(Br)cc2)C(=O)O)cc1. The van der Waals surface area contributed by atoms with Gasteiger partial charge in [0.05, 0.1) is 0 Å². The summed E-state index contributed by atoms with van der Waals surface area (Å²) in [6, 6.07) is 15.7. The number of carbonyl (C=O) groups is 1. The second-order valence-corrected chi connectivity index (χ2v) is 6.78. The van der Waals surface area contributed by atoms with E-state index in [9.17, 15) is 9.90 Å². The maximum atomic E-state index is 11.4. The number of aryl methyl sites for hydroxylation is 1. The summed E-state index contributed by atoms with van der Waals surface area (Å²) in [5.41, 5.74) is 2.20. The molecule has 2 aromatic rings. The van der Waals surface area contributed by atoms with Crippen LogP contribution >= 0.6 is 27.7 Å². The fourth-order valence-electron chi connectivity index (χ4n) is 1.80. The minimum Gasteiger partial charge on any atom is -0.480 e. The largest absolute Gasteiger partial charge is 0.480 e. The van der Waals surface area contributed by atoms with Gasteiger partial charge in [0.1, 0.15) is 5.25 Å². The molecule has 1 N–H and O–H groups in total. The van der Waals surface area contributed by atoms with Crippen LogP contribution in [-0.2, 0) is 11.2 Å². The quantitative estimate of drug-likeness (QED) is 0.804. The van der Waals surface area contributed by atoms with Crippen LogP contribution < -0.4 is 0 Å². The van der Waals surface area contributed by atoms with Gasteiger partial charge in [0.15, 0.2) is 0 Å². The average Bonchev–Trinajstić information content (AvgIpc) is 2.42. The predicted octanol–water partition coefficient (Wildman–Crippen LogP) is 4.55. The van der Waals surface area contributed by atoms with Gasteiger partial charge in [0.2, 0.25) is 0 Å². The topological polar surface area (TPSA) is 37.3 Å². The molecule has 0 spiro atoms. The summed E-state index contributed by atoms with van der Waals surface area (Å²) < 4.78 is 0.999. The fourth-order valence-corrected chi connectivity index (χ4v) is 3.06. The van der Waals surface area contributed by atoms with Crippen LogP contribution in [0.2, 0.25) is 0 Å². The molecule has 0 bridgehead atoms. The number of carboxylic acids is 1. The molecule has 0 saturated carbocycles. The highest BCUT2D eigenvalue weighted by molar-refractivity contribution is 9.10. The Morgan fingerprint density at radius 3 is 2.30 bits per heavy atom. The number of rotatable bonds is 5. The van der Waals surface area contributed by atoms with E-state index in [4.69, 9.17) is 0 Å². The smallest absolute Gasteiger partial charge is 0.317 e. The van der Waals surface area contributed by atoms with Gasteiger partial charge < -0.3 is 5.11 Å². The Morgan fingerprint density at radius 1 is 1.15 bits per heavy atom. The van der Waals surface area contributed by atoms with Crippen molar-refractivity contribution in [2.24, 2.45) is 0 Å². The van der Waals surface area contributed by atoms with E-state index in [-0.39, 0.29) is 0 Å². The molecule has 0 radical (unpaired) electrons. The minimum absolute atomic E-state index is 0.473. The molecule has 2 rings (SSSR count). The van der Waals surface area contributed by atoms with Crippen molar-refractivity contribution in [2.45, 2.75) is 23.5 Å². The summed E-state index contributed by atoms with van der Waals surface area (Å²) in [6.45, 7) is 2.02. The first-order valence-corrected chi connectivity index (χ1v) is 7.92. The number of halogens is 1. The van der Waals surface area contributed by atoms with E-state index >= 15 is 0 Å². The number of thioether (sulfide) groups is 1. The zero-order valence-electron chi connectivity index (χ0n) is 11.0. The van der Waals surface area contributed by atoms with Crippen LogP contribution in [0.1, 0.15) is 11.1 Å². The lowest BCUT2D eigenvalue weighted by Gasteiger charge is -2.12. The summed E-state index contributed by atoms with van der Waals surface area (Å²) >= 11 is 4.77. The van der Waals surface area contributed by atoms with Crippen molar-refractivity contribution in [2.75, 3.05) is 0 Å². The molecule has 0 saturated heterocycles. The average molecular weight is 351 g/mol. The van der Waals surface area contributed by atoms with Gasteiger partial charge in [-0.1, -0.05) is 45.8 Å². The van der Waals surface area contributed by atoms with E-state index in [2.05, 4.69) is 15.9 Å². The Hall–Kier alpha value is -1.26. The van der Waals surface area contributed by atoms with Crippen LogP contribution in [0.25, 0.3) is 0 Å². The first-order chi connectivity index (χ1) is 9.54. The Balaban J connectivity index is 2.09. The molecule has 0 fully saturated rings. The number of benzene rings is 2. The number of carboxylic acid groups (broad SMARTS) is 1. The summed E-state index contributed by atoms with van der Waals surface area (Å²) in [6.07, 6.45) is 0.515. The second-order valence-electron chi connectivity index (χ2n) is 4.59. The van der Waals surface area contributed by atoms with Crippen LogP contribution in [0.15, 0.2) is 57.9 Å². The Labute approximate surface area is 131 Å². The third-order valence-electron chi connectivity index (χ3n) is 2.91. The Morgan fingerprint density at radius 2 is 1.75 bits per heavy atom. The maximum absolute atomic E-state index is 11.4. The normalized spacial score (nSPS) is 12.1. The lowest BCUT2D eigenvalue weighted by molar-refractivity contribution is -0.136. The Bertz CT molecular complexity index is 531. The van der Waals surface area contributed by atoms with E-state index in [0.29, 0.717) is 6.42 Å². The van der Waals surface area contributed by atoms with Gasteiger partial charge >= 0.3 is 5.97 Å². The van der Waals surface area contributed by atoms with Crippen LogP contribution in [0.4, 0.5) is 0 Å². The molecular weight excluding hydrogens is 336 g/mol. The third kappa shape index (κ3) is 4.39. The highest BCUT2D eigenvalue weighted by Crippen LogP contribution is 2.26. The summed E-state index contributed by atoms with van der Waals surface area (Å²) in [5.74, 6) is -0.779. The van der Waals surface area contributed by atoms with Crippen molar-refractivity contribution >= 4 is 33.7 Å².